The quantitative estimate of drug-likeness (QED) is 0.0467. The highest BCUT2D eigenvalue weighted by molar-refractivity contribution is 5.85. The Bertz CT molecular complexity index is 2100. The standard InChI is InChI=1S/C42H50N10O4/c1-26(2)36(47-25-56-55-5)40(53)51-21-6-9-34(51)38-45-23-32(48-38)30-15-11-28(12-16-30)29-13-17-31(18-14-29)33-24-46-39(49-33)35-10-7-22-52(35)41(54)37(27(3)4)50-42-43-19-8-20-44-42/h8,11-20,23-27,34-37H,6-7,9-10,21-22H2,1-5H3,(H,45,48)(H,46,49)(H,43,44,50)/b47-25-/t34-,35-,36-,37-/m0/s1. The highest BCUT2D eigenvalue weighted by atomic mass is 17.2. The first-order valence-corrected chi connectivity index (χ1v) is 19.4. The highest BCUT2D eigenvalue weighted by Crippen LogP contribution is 2.35. The van der Waals surface area contributed by atoms with E-state index < -0.39 is 12.1 Å². The summed E-state index contributed by atoms with van der Waals surface area (Å²) in [6, 6.07) is 17.2. The Morgan fingerprint density at radius 1 is 0.750 bits per heavy atom. The molecule has 7 rings (SSSR count). The third kappa shape index (κ3) is 8.35. The summed E-state index contributed by atoms with van der Waals surface area (Å²) in [4.78, 5) is 69.9. The van der Waals surface area contributed by atoms with E-state index in [9.17, 15) is 9.59 Å². The normalized spacial score (nSPS) is 18.3. The number of nitrogens with one attached hydrogen (secondary N) is 3. The molecule has 0 unspecified atom stereocenters. The predicted octanol–water partition coefficient (Wildman–Crippen LogP) is 7.02. The molecule has 5 heterocycles. The molecule has 2 saturated heterocycles. The minimum absolute atomic E-state index is 0.00423. The van der Waals surface area contributed by atoms with Gasteiger partial charge in [0.2, 0.25) is 24.2 Å². The van der Waals surface area contributed by atoms with Crippen LogP contribution in [0.4, 0.5) is 5.95 Å². The van der Waals surface area contributed by atoms with Gasteiger partial charge in [-0.3, -0.25) is 9.59 Å². The Morgan fingerprint density at radius 3 is 1.73 bits per heavy atom. The molecule has 2 aromatic carbocycles. The summed E-state index contributed by atoms with van der Waals surface area (Å²) in [6.07, 6.45) is 11.7. The average Bonchev–Trinajstić information content (AvgIpc) is 4.06. The summed E-state index contributed by atoms with van der Waals surface area (Å²) in [5, 5.41) is 3.25. The van der Waals surface area contributed by atoms with Crippen LogP contribution in [0.5, 0.6) is 0 Å². The molecule has 14 nitrogen and oxygen atoms in total. The van der Waals surface area contributed by atoms with E-state index in [-0.39, 0.29) is 35.7 Å². The molecule has 0 radical (unpaired) electrons. The summed E-state index contributed by atoms with van der Waals surface area (Å²) in [5.41, 5.74) is 6.00. The highest BCUT2D eigenvalue weighted by Gasteiger charge is 2.38. The maximum Gasteiger partial charge on any atom is 0.248 e. The first-order valence-electron chi connectivity index (χ1n) is 19.4. The molecule has 0 spiro atoms. The number of anilines is 1. The fraction of sp³-hybridized carbons (Fsp3) is 0.405. The fourth-order valence-corrected chi connectivity index (χ4v) is 7.65. The second-order valence-electron chi connectivity index (χ2n) is 15.0. The van der Waals surface area contributed by atoms with Crippen LogP contribution in [0, 0.1) is 11.8 Å². The van der Waals surface area contributed by atoms with Crippen molar-refractivity contribution < 1.29 is 19.4 Å². The number of carbonyl (C=O) groups is 2. The molecule has 3 aromatic heterocycles. The number of hydrogen-bond acceptors (Lipinski definition) is 10. The lowest BCUT2D eigenvalue weighted by atomic mass is 10.0. The number of imidazole rings is 2. The van der Waals surface area contributed by atoms with Crippen molar-refractivity contribution in [2.75, 3.05) is 25.5 Å². The Morgan fingerprint density at radius 2 is 1.25 bits per heavy atom. The third-order valence-corrected chi connectivity index (χ3v) is 10.6. The summed E-state index contributed by atoms with van der Waals surface area (Å²) < 4.78 is 0. The molecule has 3 N–H and O–H groups in total. The van der Waals surface area contributed by atoms with Gasteiger partial charge in [0.1, 0.15) is 23.7 Å². The van der Waals surface area contributed by atoms with Gasteiger partial charge in [0.15, 0.2) is 0 Å². The zero-order valence-corrected chi connectivity index (χ0v) is 32.6. The van der Waals surface area contributed by atoms with E-state index in [2.05, 4.69) is 83.7 Å². The van der Waals surface area contributed by atoms with Crippen molar-refractivity contribution in [2.24, 2.45) is 16.8 Å². The van der Waals surface area contributed by atoms with E-state index in [1.807, 2.05) is 49.9 Å². The van der Waals surface area contributed by atoms with E-state index in [4.69, 9.17) is 14.9 Å². The number of nitrogens with zero attached hydrogens (tertiary/aromatic N) is 7. The van der Waals surface area contributed by atoms with Crippen molar-refractivity contribution in [1.82, 2.24) is 39.7 Å². The second-order valence-corrected chi connectivity index (χ2v) is 15.0. The van der Waals surface area contributed by atoms with Crippen LogP contribution < -0.4 is 5.32 Å². The minimum Gasteiger partial charge on any atom is -0.342 e. The van der Waals surface area contributed by atoms with Gasteiger partial charge in [-0.2, -0.15) is 4.89 Å². The number of carbonyl (C=O) groups excluding carboxylic acids is 2. The molecule has 56 heavy (non-hydrogen) atoms. The van der Waals surface area contributed by atoms with Crippen molar-refractivity contribution in [3.05, 3.63) is 91.0 Å². The zero-order chi connectivity index (χ0) is 39.2. The molecule has 4 atom stereocenters. The molecule has 14 heteroatoms. The van der Waals surface area contributed by atoms with Gasteiger partial charge in [-0.25, -0.2) is 24.9 Å². The van der Waals surface area contributed by atoms with Crippen molar-refractivity contribution in [3.8, 4) is 33.6 Å². The van der Waals surface area contributed by atoms with Crippen LogP contribution in [0.25, 0.3) is 33.6 Å². The van der Waals surface area contributed by atoms with Crippen molar-refractivity contribution in [2.45, 2.75) is 77.5 Å². The Balaban J connectivity index is 0.996. The van der Waals surface area contributed by atoms with Crippen LogP contribution in [-0.4, -0.2) is 90.2 Å². The molecule has 2 aliphatic rings. The van der Waals surface area contributed by atoms with Crippen LogP contribution in [0.2, 0.25) is 0 Å². The van der Waals surface area contributed by atoms with Gasteiger partial charge >= 0.3 is 0 Å². The van der Waals surface area contributed by atoms with Gasteiger partial charge < -0.3 is 30.0 Å². The number of likely N-dealkylation sites (tertiary alicyclic amines) is 2. The summed E-state index contributed by atoms with van der Waals surface area (Å²) in [6.45, 7) is 9.32. The first kappa shape index (κ1) is 38.4. The maximum absolute atomic E-state index is 13.8. The largest absolute Gasteiger partial charge is 0.342 e. The summed E-state index contributed by atoms with van der Waals surface area (Å²) in [7, 11) is 1.40. The maximum atomic E-state index is 13.8. The molecule has 0 aliphatic carbocycles. The number of aliphatic imine (C=N–C) groups is 1. The van der Waals surface area contributed by atoms with Gasteiger partial charge in [0, 0.05) is 25.5 Å². The fourth-order valence-electron chi connectivity index (χ4n) is 7.65. The van der Waals surface area contributed by atoms with E-state index in [0.717, 1.165) is 71.0 Å². The molecule has 0 bridgehead atoms. The first-order chi connectivity index (χ1) is 27.2. The van der Waals surface area contributed by atoms with Crippen LogP contribution >= 0.6 is 0 Å². The monoisotopic (exact) mass is 758 g/mol. The molecular weight excluding hydrogens is 709 g/mol. The number of hydrogen-bond donors (Lipinski definition) is 3. The number of aromatic amines is 2. The third-order valence-electron chi connectivity index (χ3n) is 10.6. The van der Waals surface area contributed by atoms with E-state index in [1.165, 1.54) is 13.5 Å². The SMILES string of the molecule is COO/C=N\[C@H](C(=O)N1CCC[C@H]1c1ncc(-c2ccc(-c3ccc(-c4cnc([C@@H]5CCCN5C(=O)[C@@H](Nc5ncccn5)C(C)C)[nH]4)cc3)cc2)[nH]1)C(C)C. The number of aromatic nitrogens is 6. The van der Waals surface area contributed by atoms with Crippen LogP contribution in [0.1, 0.15) is 77.1 Å². The van der Waals surface area contributed by atoms with Gasteiger partial charge in [0.25, 0.3) is 0 Å². The topological polar surface area (TPSA) is 167 Å². The zero-order valence-electron chi connectivity index (χ0n) is 32.6. The molecule has 0 saturated carbocycles. The van der Waals surface area contributed by atoms with Gasteiger partial charge in [-0.05, 0) is 65.8 Å². The Kier molecular flexibility index (Phi) is 11.8. The Hall–Kier alpha value is -5.89. The summed E-state index contributed by atoms with van der Waals surface area (Å²) >= 11 is 0. The molecular formula is C42H50N10O4. The number of H-pyrrole nitrogens is 2. The van der Waals surface area contributed by atoms with E-state index >= 15 is 0 Å². The number of benzene rings is 2. The van der Waals surface area contributed by atoms with Crippen LogP contribution in [-0.2, 0) is 19.4 Å². The van der Waals surface area contributed by atoms with Gasteiger partial charge in [-0.1, -0.05) is 76.2 Å². The smallest absolute Gasteiger partial charge is 0.248 e. The lowest BCUT2D eigenvalue weighted by Gasteiger charge is -2.30. The van der Waals surface area contributed by atoms with Gasteiger partial charge in [0.05, 0.1) is 43.0 Å². The molecule has 2 fully saturated rings. The second kappa shape index (κ2) is 17.3. The predicted molar refractivity (Wildman–Crippen MR) is 214 cm³/mol. The number of rotatable bonds is 14. The Labute approximate surface area is 327 Å². The lowest BCUT2D eigenvalue weighted by molar-refractivity contribution is -0.188. The van der Waals surface area contributed by atoms with Crippen molar-refractivity contribution >= 4 is 24.2 Å². The molecule has 5 aromatic rings. The van der Waals surface area contributed by atoms with Gasteiger partial charge in [-0.15, -0.1) is 0 Å². The van der Waals surface area contributed by atoms with Crippen LogP contribution in [0.3, 0.4) is 0 Å². The number of amides is 2. The molecule has 292 valence electrons. The summed E-state index contributed by atoms with van der Waals surface area (Å²) in [5.74, 6) is 2.04. The lowest BCUT2D eigenvalue weighted by Crippen LogP contribution is -2.45. The van der Waals surface area contributed by atoms with Crippen molar-refractivity contribution in [1.29, 1.82) is 0 Å². The average molecular weight is 759 g/mol. The van der Waals surface area contributed by atoms with Crippen molar-refractivity contribution in [3.63, 3.8) is 0 Å². The van der Waals surface area contributed by atoms with E-state index in [0.29, 0.717) is 19.0 Å². The molecule has 2 amide bonds. The van der Waals surface area contributed by atoms with Crippen LogP contribution in [0.15, 0.2) is 84.4 Å². The minimum atomic E-state index is -0.568. The van der Waals surface area contributed by atoms with E-state index in [1.54, 1.807) is 18.5 Å². The molecule has 2 aliphatic heterocycles.